The van der Waals surface area contributed by atoms with Crippen molar-refractivity contribution in [3.63, 3.8) is 0 Å². The van der Waals surface area contributed by atoms with Crippen LogP contribution in [0.5, 0.6) is 0 Å². The Morgan fingerprint density at radius 1 is 0.581 bits per heavy atom. The molecule has 0 nitrogen and oxygen atoms in total. The predicted molar refractivity (Wildman–Crippen MR) is 133 cm³/mol. The molecule has 0 unspecified atom stereocenters. The number of hydrogen-bond donors (Lipinski definition) is 0. The Bertz CT molecular complexity index is 801. The second-order valence-corrected chi connectivity index (χ2v) is 22.3. The number of hydrogen-bond acceptors (Lipinski definition) is 0. The monoisotopic (exact) mass is 650 g/mol. The van der Waals surface area contributed by atoms with E-state index >= 15 is 0 Å². The van der Waals surface area contributed by atoms with Crippen LogP contribution in [0.25, 0.3) is 22.3 Å². The standard InChI is InChI=1S/2C11H9.C4H14Si2.2ClH.Hf/c2*1-2-6-10(7-3-1)11-8-4-5-9-11;1-5-6(2,3)4;;;/h2*1-9H;5H2,1-4H3;2*1H;/q2*-1;;;;+4/p-2. The minimum absolute atomic E-state index is 0. The van der Waals surface area contributed by atoms with Gasteiger partial charge < -0.3 is 24.8 Å². The fourth-order valence-electron chi connectivity index (χ4n) is 2.39. The van der Waals surface area contributed by atoms with Gasteiger partial charge in [-0.05, 0) is 0 Å². The van der Waals surface area contributed by atoms with Crippen LogP contribution in [-0.4, -0.2) is 16.6 Å². The number of benzene rings is 2. The molecule has 0 heterocycles. The van der Waals surface area contributed by atoms with E-state index in [1.165, 1.54) is 22.3 Å². The summed E-state index contributed by atoms with van der Waals surface area (Å²) >= 11 is 0. The molecule has 0 amide bonds. The zero-order valence-corrected chi connectivity index (χ0v) is 26.4. The molecular formula is C26H32Cl2HfSi2. The summed E-state index contributed by atoms with van der Waals surface area (Å²) in [6.07, 6.45) is 0. The first kappa shape index (κ1) is 32.2. The molecule has 0 aliphatic rings. The third-order valence-corrected chi connectivity index (χ3v) is 13.1. The fraction of sp³-hybridized carbons (Fsp3) is 0.154. The van der Waals surface area contributed by atoms with Gasteiger partial charge in [-0.2, -0.15) is 47.5 Å². The van der Waals surface area contributed by atoms with Gasteiger partial charge >= 0.3 is 25.8 Å². The quantitative estimate of drug-likeness (QED) is 0.231. The molecule has 0 aliphatic heterocycles. The average molecular weight is 650 g/mol. The van der Waals surface area contributed by atoms with Gasteiger partial charge in [-0.1, -0.05) is 98.0 Å². The third kappa shape index (κ3) is 13.2. The Morgan fingerprint density at radius 3 is 1.13 bits per heavy atom. The Kier molecular flexibility index (Phi) is 18.2. The molecule has 0 saturated carbocycles. The van der Waals surface area contributed by atoms with Crippen molar-refractivity contribution in [2.24, 2.45) is 0 Å². The van der Waals surface area contributed by atoms with Gasteiger partial charge in [0, 0.05) is 16.6 Å². The maximum absolute atomic E-state index is 2.44. The molecule has 4 aromatic carbocycles. The number of rotatable bonds is 3. The minimum Gasteiger partial charge on any atom is -1.00 e. The largest absolute Gasteiger partial charge is 4.00 e. The van der Waals surface area contributed by atoms with Crippen molar-refractivity contribution >= 4 is 16.6 Å². The van der Waals surface area contributed by atoms with Gasteiger partial charge in [0.15, 0.2) is 0 Å². The van der Waals surface area contributed by atoms with Crippen molar-refractivity contribution in [3.05, 3.63) is 109 Å². The van der Waals surface area contributed by atoms with Gasteiger partial charge in [0.05, 0.1) is 0 Å². The van der Waals surface area contributed by atoms with E-state index in [9.17, 15) is 0 Å². The van der Waals surface area contributed by atoms with Crippen LogP contribution in [0.1, 0.15) is 0 Å². The van der Waals surface area contributed by atoms with Crippen molar-refractivity contribution < 1.29 is 50.7 Å². The molecule has 0 bridgehead atoms. The van der Waals surface area contributed by atoms with Gasteiger partial charge in [0.25, 0.3) is 0 Å². The summed E-state index contributed by atoms with van der Waals surface area (Å²) in [6.45, 7) is 9.74. The van der Waals surface area contributed by atoms with Crippen LogP contribution in [0.2, 0.25) is 26.2 Å². The molecule has 4 aromatic rings. The molecule has 162 valence electrons. The number of halogens is 2. The first-order valence-electron chi connectivity index (χ1n) is 10.0. The first-order chi connectivity index (χ1) is 13.5. The molecule has 4 rings (SSSR count). The summed E-state index contributed by atoms with van der Waals surface area (Å²) in [6, 6.07) is 37.5. The van der Waals surface area contributed by atoms with Gasteiger partial charge in [-0.15, -0.1) is 0 Å². The summed E-state index contributed by atoms with van der Waals surface area (Å²) in [7, 11) is -0.101. The first-order valence-corrected chi connectivity index (χ1v) is 17.3. The summed E-state index contributed by atoms with van der Waals surface area (Å²) in [5.74, 6) is 0. The second kappa shape index (κ2) is 17.6. The molecule has 31 heavy (non-hydrogen) atoms. The topological polar surface area (TPSA) is 0 Å². The van der Waals surface area contributed by atoms with Gasteiger partial charge in [0.1, 0.15) is 0 Å². The van der Waals surface area contributed by atoms with Crippen LogP contribution in [-0.2, 0) is 25.8 Å². The summed E-state index contributed by atoms with van der Waals surface area (Å²) in [4.78, 5) is 0. The van der Waals surface area contributed by atoms with E-state index in [4.69, 9.17) is 0 Å². The van der Waals surface area contributed by atoms with Crippen LogP contribution in [0.3, 0.4) is 0 Å². The van der Waals surface area contributed by atoms with E-state index in [0.29, 0.717) is 9.04 Å². The van der Waals surface area contributed by atoms with Crippen molar-refractivity contribution in [1.29, 1.82) is 0 Å². The maximum Gasteiger partial charge on any atom is 4.00 e. The fourth-order valence-corrected chi connectivity index (χ4v) is 2.39. The van der Waals surface area contributed by atoms with Crippen LogP contribution < -0.4 is 24.8 Å². The molecule has 0 aliphatic carbocycles. The molecule has 0 spiro atoms. The minimum atomic E-state index is -0.492. The van der Waals surface area contributed by atoms with E-state index in [0.717, 1.165) is 0 Å². The molecule has 5 heteroatoms. The van der Waals surface area contributed by atoms with Crippen molar-refractivity contribution in [3.8, 4) is 22.3 Å². The van der Waals surface area contributed by atoms with Crippen molar-refractivity contribution in [2.45, 2.75) is 26.2 Å². The van der Waals surface area contributed by atoms with Gasteiger partial charge in [-0.3, -0.25) is 0 Å². The Hall–Kier alpha value is -0.976. The smallest absolute Gasteiger partial charge is 1.00 e. The maximum atomic E-state index is 2.44. The zero-order chi connectivity index (χ0) is 20.2. The van der Waals surface area contributed by atoms with Gasteiger partial charge in [0.2, 0.25) is 0 Å². The van der Waals surface area contributed by atoms with Crippen LogP contribution in [0.4, 0.5) is 0 Å². The molecular weight excluding hydrogens is 618 g/mol. The molecule has 0 atom stereocenters. The SMILES string of the molecule is C[SiH2][Si](C)(C)C.[Cl-].[Cl-].[Hf+4].c1ccc(-c2cc[cH-]c2)cc1.c1ccc(-c2cc[cH-]c2)cc1. The Labute approximate surface area is 223 Å². The normalized spacial score (nSPS) is 9.68. The summed E-state index contributed by atoms with van der Waals surface area (Å²) in [5, 5.41) is 0. The van der Waals surface area contributed by atoms with Crippen molar-refractivity contribution in [1.82, 2.24) is 0 Å². The molecule has 0 N–H and O–H groups in total. The predicted octanol–water partition coefficient (Wildman–Crippen LogP) is 1.19. The van der Waals surface area contributed by atoms with E-state index in [1.54, 1.807) is 0 Å². The summed E-state index contributed by atoms with van der Waals surface area (Å²) in [5.41, 5.74) is 5.17. The van der Waals surface area contributed by atoms with Crippen LogP contribution in [0, 0.1) is 0 Å². The van der Waals surface area contributed by atoms with E-state index < -0.39 is 7.59 Å². The summed E-state index contributed by atoms with van der Waals surface area (Å²) < 4.78 is 0. The van der Waals surface area contributed by atoms with Gasteiger partial charge in [-0.25, -0.2) is 12.1 Å². The molecule has 0 saturated heterocycles. The second-order valence-electron chi connectivity index (χ2n) is 7.99. The van der Waals surface area contributed by atoms with Crippen LogP contribution >= 0.6 is 0 Å². The van der Waals surface area contributed by atoms with Crippen molar-refractivity contribution in [2.75, 3.05) is 0 Å². The molecule has 0 aromatic heterocycles. The Balaban J connectivity index is 0. The van der Waals surface area contributed by atoms with E-state index in [2.05, 4.69) is 123 Å². The molecule has 0 radical (unpaired) electrons. The third-order valence-electron chi connectivity index (χ3n) is 4.60. The Morgan fingerprint density at radius 2 is 0.903 bits per heavy atom. The van der Waals surface area contributed by atoms with E-state index in [1.807, 2.05) is 12.1 Å². The zero-order valence-electron chi connectivity index (χ0n) is 18.9. The average Bonchev–Trinajstić information content (AvgIpc) is 3.44. The van der Waals surface area contributed by atoms with Crippen LogP contribution in [0.15, 0.2) is 109 Å². The molecule has 0 fully saturated rings. The van der Waals surface area contributed by atoms with E-state index in [-0.39, 0.29) is 50.7 Å².